The maximum Gasteiger partial charge on any atom is 0.164 e. The van der Waals surface area contributed by atoms with Gasteiger partial charge in [0.05, 0.1) is 11.4 Å². The Morgan fingerprint density at radius 1 is 1.19 bits per heavy atom. The lowest BCUT2D eigenvalue weighted by atomic mass is 9.92. The van der Waals surface area contributed by atoms with Crippen LogP contribution in [-0.4, -0.2) is 19.8 Å². The number of nitrogens with zero attached hydrogens (tertiary/aromatic N) is 3. The zero-order chi connectivity index (χ0) is 19.1. The predicted octanol–water partition coefficient (Wildman–Crippen LogP) is 6.55. The van der Waals surface area contributed by atoms with Gasteiger partial charge in [-0.1, -0.05) is 58.4 Å². The minimum atomic E-state index is -0.0258. The summed E-state index contributed by atoms with van der Waals surface area (Å²) in [6, 6.07) is 10.1. The molecule has 2 aromatic heterocycles. The first-order valence-electron chi connectivity index (χ1n) is 9.04. The van der Waals surface area contributed by atoms with E-state index < -0.39 is 0 Å². The Balaban J connectivity index is 2.28. The Bertz CT molecular complexity index is 923. The smallest absolute Gasteiger partial charge is 0.164 e. The van der Waals surface area contributed by atoms with Crippen molar-refractivity contribution in [3.8, 4) is 11.1 Å². The largest absolute Gasteiger partial charge is 0.232 e. The van der Waals surface area contributed by atoms with Crippen molar-refractivity contribution in [1.29, 1.82) is 0 Å². The van der Waals surface area contributed by atoms with E-state index in [-0.39, 0.29) is 5.41 Å². The van der Waals surface area contributed by atoms with Gasteiger partial charge in [0.2, 0.25) is 0 Å². The lowest BCUT2D eigenvalue weighted by Gasteiger charge is -2.20. The molecule has 0 spiro atoms. The third-order valence-electron chi connectivity index (χ3n) is 4.53. The molecule has 0 aliphatic rings. The van der Waals surface area contributed by atoms with Crippen LogP contribution in [0.25, 0.3) is 16.8 Å². The Kier molecular flexibility index (Phi) is 5.36. The lowest BCUT2D eigenvalue weighted by Crippen LogP contribution is -2.15. The van der Waals surface area contributed by atoms with Gasteiger partial charge in [-0.15, -0.1) is 11.8 Å². The van der Waals surface area contributed by atoms with E-state index in [0.29, 0.717) is 5.25 Å². The molecular formula is C21H26ClN3S. The highest BCUT2D eigenvalue weighted by Crippen LogP contribution is 2.35. The molecule has 0 aliphatic carbocycles. The maximum atomic E-state index is 6.07. The monoisotopic (exact) mass is 387 g/mol. The average molecular weight is 388 g/mol. The predicted molar refractivity (Wildman–Crippen MR) is 112 cm³/mol. The standard InChI is InChI=1S/C21H26ClN3S/c1-7-13(2)26-18-12-17(21(4,5)6)23-20-19(14(3)24-25(18)20)15-8-10-16(22)11-9-15/h8-13H,7H2,1-6H3/t13-/m0/s1. The summed E-state index contributed by atoms with van der Waals surface area (Å²) < 4.78 is 2.01. The maximum absolute atomic E-state index is 6.07. The number of fused-ring (bicyclic) bond motifs is 1. The van der Waals surface area contributed by atoms with Crippen molar-refractivity contribution in [3.05, 3.63) is 46.7 Å². The second kappa shape index (κ2) is 7.24. The van der Waals surface area contributed by atoms with Gasteiger partial charge in [0.1, 0.15) is 5.03 Å². The zero-order valence-corrected chi connectivity index (χ0v) is 17.9. The van der Waals surface area contributed by atoms with E-state index in [0.717, 1.165) is 44.6 Å². The van der Waals surface area contributed by atoms with Gasteiger partial charge >= 0.3 is 0 Å². The topological polar surface area (TPSA) is 30.2 Å². The number of hydrogen-bond acceptors (Lipinski definition) is 3. The van der Waals surface area contributed by atoms with Crippen molar-refractivity contribution in [2.45, 2.75) is 63.7 Å². The summed E-state index contributed by atoms with van der Waals surface area (Å²) in [7, 11) is 0. The Morgan fingerprint density at radius 3 is 2.42 bits per heavy atom. The fourth-order valence-corrected chi connectivity index (χ4v) is 3.92. The quantitative estimate of drug-likeness (QED) is 0.375. The first kappa shape index (κ1) is 19.2. The molecule has 2 heterocycles. The molecule has 1 aromatic carbocycles. The van der Waals surface area contributed by atoms with Crippen LogP contribution in [0, 0.1) is 6.92 Å². The van der Waals surface area contributed by atoms with Crippen LogP contribution in [0.3, 0.4) is 0 Å². The summed E-state index contributed by atoms with van der Waals surface area (Å²) in [5, 5.41) is 7.23. The van der Waals surface area contributed by atoms with E-state index in [1.165, 1.54) is 0 Å². The van der Waals surface area contributed by atoms with Crippen LogP contribution < -0.4 is 0 Å². The van der Waals surface area contributed by atoms with Gasteiger partial charge < -0.3 is 0 Å². The SMILES string of the molecule is CC[C@H](C)Sc1cc(C(C)(C)C)nc2c(-c3ccc(Cl)cc3)c(C)nn12. The molecule has 0 N–H and O–H groups in total. The van der Waals surface area contributed by atoms with Crippen molar-refractivity contribution in [3.63, 3.8) is 0 Å². The zero-order valence-electron chi connectivity index (χ0n) is 16.3. The van der Waals surface area contributed by atoms with Crippen LogP contribution in [-0.2, 0) is 5.41 Å². The van der Waals surface area contributed by atoms with E-state index in [1.807, 2.05) is 47.5 Å². The van der Waals surface area contributed by atoms with Gasteiger partial charge in [0.15, 0.2) is 5.65 Å². The third kappa shape index (κ3) is 3.77. The summed E-state index contributed by atoms with van der Waals surface area (Å²) in [5.41, 5.74) is 5.15. The number of thioether (sulfide) groups is 1. The molecule has 138 valence electrons. The first-order chi connectivity index (χ1) is 12.2. The Hall–Kier alpha value is -1.52. The van der Waals surface area contributed by atoms with E-state index in [1.54, 1.807) is 0 Å². The normalized spacial score (nSPS) is 13.3. The number of rotatable bonds is 4. The molecule has 3 aromatic rings. The van der Waals surface area contributed by atoms with Gasteiger partial charge in [-0.25, -0.2) is 9.50 Å². The molecule has 26 heavy (non-hydrogen) atoms. The molecule has 0 aliphatic heterocycles. The number of benzene rings is 1. The van der Waals surface area contributed by atoms with Crippen molar-refractivity contribution in [1.82, 2.24) is 14.6 Å². The van der Waals surface area contributed by atoms with Crippen molar-refractivity contribution >= 4 is 29.0 Å². The second-order valence-corrected chi connectivity index (χ2v) is 9.66. The van der Waals surface area contributed by atoms with Gasteiger partial charge in [0.25, 0.3) is 0 Å². The fraction of sp³-hybridized carbons (Fsp3) is 0.429. The summed E-state index contributed by atoms with van der Waals surface area (Å²) in [6.07, 6.45) is 1.11. The van der Waals surface area contributed by atoms with E-state index >= 15 is 0 Å². The van der Waals surface area contributed by atoms with Crippen molar-refractivity contribution in [2.24, 2.45) is 0 Å². The van der Waals surface area contributed by atoms with E-state index in [2.05, 4.69) is 40.7 Å². The minimum Gasteiger partial charge on any atom is -0.232 e. The first-order valence-corrected chi connectivity index (χ1v) is 10.3. The number of aromatic nitrogens is 3. The van der Waals surface area contributed by atoms with Crippen LogP contribution in [0.15, 0.2) is 35.4 Å². The fourth-order valence-electron chi connectivity index (χ4n) is 2.81. The van der Waals surface area contributed by atoms with Crippen LogP contribution in [0.1, 0.15) is 52.4 Å². The molecule has 0 radical (unpaired) electrons. The number of hydrogen-bond donors (Lipinski definition) is 0. The molecule has 0 fully saturated rings. The molecule has 0 saturated heterocycles. The number of halogens is 1. The minimum absolute atomic E-state index is 0.0258. The highest BCUT2D eigenvalue weighted by molar-refractivity contribution is 7.99. The lowest BCUT2D eigenvalue weighted by molar-refractivity contribution is 0.563. The molecule has 0 bridgehead atoms. The van der Waals surface area contributed by atoms with Crippen LogP contribution in [0.5, 0.6) is 0 Å². The highest BCUT2D eigenvalue weighted by atomic mass is 35.5. The van der Waals surface area contributed by atoms with Gasteiger partial charge in [-0.2, -0.15) is 5.10 Å². The summed E-state index contributed by atoms with van der Waals surface area (Å²) >= 11 is 7.94. The van der Waals surface area contributed by atoms with Crippen LogP contribution >= 0.6 is 23.4 Å². The molecule has 5 heteroatoms. The number of aryl methyl sites for hydroxylation is 1. The molecule has 0 unspecified atom stereocenters. The van der Waals surface area contributed by atoms with Crippen LogP contribution in [0.2, 0.25) is 5.02 Å². The molecule has 3 nitrogen and oxygen atoms in total. The molecule has 0 amide bonds. The van der Waals surface area contributed by atoms with Gasteiger partial charge in [-0.3, -0.25) is 0 Å². The van der Waals surface area contributed by atoms with E-state index in [4.69, 9.17) is 21.7 Å². The molecule has 1 atom stereocenters. The summed E-state index contributed by atoms with van der Waals surface area (Å²) in [6.45, 7) is 13.1. The van der Waals surface area contributed by atoms with Crippen molar-refractivity contribution in [2.75, 3.05) is 0 Å². The Morgan fingerprint density at radius 2 is 1.85 bits per heavy atom. The van der Waals surface area contributed by atoms with E-state index in [9.17, 15) is 0 Å². The van der Waals surface area contributed by atoms with Gasteiger partial charge in [-0.05, 0) is 37.1 Å². The summed E-state index contributed by atoms with van der Waals surface area (Å²) in [4.78, 5) is 5.01. The van der Waals surface area contributed by atoms with Crippen LogP contribution in [0.4, 0.5) is 0 Å². The Labute approximate surface area is 165 Å². The summed E-state index contributed by atoms with van der Waals surface area (Å²) in [5.74, 6) is 0. The highest BCUT2D eigenvalue weighted by Gasteiger charge is 2.23. The van der Waals surface area contributed by atoms with Crippen molar-refractivity contribution < 1.29 is 0 Å². The third-order valence-corrected chi connectivity index (χ3v) is 6.05. The molecule has 3 rings (SSSR count). The second-order valence-electron chi connectivity index (χ2n) is 7.77. The average Bonchev–Trinajstić information content (AvgIpc) is 2.91. The molecular weight excluding hydrogens is 362 g/mol. The van der Waals surface area contributed by atoms with Gasteiger partial charge in [0, 0.05) is 21.3 Å². The molecule has 0 saturated carbocycles.